The molecule has 7 heteroatoms. The molecule has 7 nitrogen and oxygen atoms in total. The Morgan fingerprint density at radius 1 is 1.00 bits per heavy atom. The summed E-state index contributed by atoms with van der Waals surface area (Å²) in [6, 6.07) is 2.33. The monoisotopic (exact) mass is 335 g/mol. The van der Waals surface area contributed by atoms with E-state index in [1.807, 2.05) is 41.5 Å². The maximum Gasteiger partial charge on any atom is 0.180 e. The first-order valence-electron chi connectivity index (χ1n) is 8.99. The van der Waals surface area contributed by atoms with Gasteiger partial charge in [0.2, 0.25) is 0 Å². The van der Waals surface area contributed by atoms with Crippen molar-refractivity contribution in [1.82, 2.24) is 24.3 Å². The highest BCUT2D eigenvalue weighted by atomic mass is 15.2. The Morgan fingerprint density at radius 3 is 2.76 bits per heavy atom. The highest BCUT2D eigenvalue weighted by Crippen LogP contribution is 2.38. The molecule has 1 N–H and O–H groups in total. The quantitative estimate of drug-likeness (QED) is 0.790. The zero-order valence-corrected chi connectivity index (χ0v) is 14.0. The van der Waals surface area contributed by atoms with E-state index in [1.165, 1.54) is 12.8 Å². The number of hydrogen-bond acceptors (Lipinski definition) is 6. The Hall–Kier alpha value is -2.70. The number of imidazole rings is 1. The van der Waals surface area contributed by atoms with Crippen LogP contribution in [0.1, 0.15) is 37.4 Å². The summed E-state index contributed by atoms with van der Waals surface area (Å²) in [5.41, 5.74) is 0.918. The van der Waals surface area contributed by atoms with E-state index in [0.717, 1.165) is 49.0 Å². The number of aromatic nitrogens is 5. The van der Waals surface area contributed by atoms with Gasteiger partial charge in [-0.2, -0.15) is 0 Å². The highest BCUT2D eigenvalue weighted by molar-refractivity contribution is 5.64. The van der Waals surface area contributed by atoms with Crippen LogP contribution >= 0.6 is 0 Å². The molecular formula is C18H21N7. The third kappa shape index (κ3) is 2.90. The van der Waals surface area contributed by atoms with E-state index in [9.17, 15) is 0 Å². The van der Waals surface area contributed by atoms with Crippen LogP contribution in [0, 0.1) is 0 Å². The van der Waals surface area contributed by atoms with E-state index in [-0.39, 0.29) is 0 Å². The molecule has 1 aliphatic heterocycles. The molecule has 5 rings (SSSR count). The second-order valence-corrected chi connectivity index (χ2v) is 6.91. The summed E-state index contributed by atoms with van der Waals surface area (Å²) in [4.78, 5) is 20.5. The lowest BCUT2D eigenvalue weighted by Crippen LogP contribution is -2.43. The van der Waals surface area contributed by atoms with E-state index in [0.29, 0.717) is 12.0 Å². The van der Waals surface area contributed by atoms with E-state index in [4.69, 9.17) is 4.98 Å². The molecule has 2 fully saturated rings. The lowest BCUT2D eigenvalue weighted by Gasteiger charge is -2.34. The van der Waals surface area contributed by atoms with Crippen molar-refractivity contribution in [2.24, 2.45) is 0 Å². The molecule has 1 atom stereocenters. The Labute approximate surface area is 146 Å². The number of anilines is 2. The van der Waals surface area contributed by atoms with Gasteiger partial charge in [-0.25, -0.2) is 19.9 Å². The Kier molecular flexibility index (Phi) is 3.50. The van der Waals surface area contributed by atoms with Crippen molar-refractivity contribution < 1.29 is 0 Å². The van der Waals surface area contributed by atoms with Crippen LogP contribution in [0.4, 0.5) is 11.6 Å². The van der Waals surface area contributed by atoms with Crippen molar-refractivity contribution in [3.8, 4) is 0 Å². The SMILES string of the molecule is c1cc(NC2CCCN(c3nccn4ccnc34)C2)nc(C2CC2)n1. The average molecular weight is 335 g/mol. The highest BCUT2D eigenvalue weighted by Gasteiger charge is 2.27. The third-order valence-electron chi connectivity index (χ3n) is 4.98. The van der Waals surface area contributed by atoms with Crippen molar-refractivity contribution in [2.45, 2.75) is 37.6 Å². The summed E-state index contributed by atoms with van der Waals surface area (Å²) in [5.74, 6) is 3.46. The topological polar surface area (TPSA) is 71.2 Å². The zero-order valence-electron chi connectivity index (χ0n) is 14.0. The van der Waals surface area contributed by atoms with E-state index in [2.05, 4.69) is 25.2 Å². The van der Waals surface area contributed by atoms with Crippen LogP contribution in [-0.4, -0.2) is 43.5 Å². The fourth-order valence-corrected chi connectivity index (χ4v) is 3.55. The van der Waals surface area contributed by atoms with Gasteiger partial charge in [0.1, 0.15) is 11.6 Å². The van der Waals surface area contributed by atoms with Crippen LogP contribution in [0.3, 0.4) is 0 Å². The largest absolute Gasteiger partial charge is 0.365 e. The van der Waals surface area contributed by atoms with Gasteiger partial charge in [0.25, 0.3) is 0 Å². The lowest BCUT2D eigenvalue weighted by molar-refractivity contribution is 0.525. The molecule has 0 amide bonds. The smallest absolute Gasteiger partial charge is 0.180 e. The summed E-state index contributed by atoms with van der Waals surface area (Å²) in [6.07, 6.45) is 14.1. The maximum atomic E-state index is 4.70. The Balaban J connectivity index is 1.34. The standard InChI is InChI=1S/C18H21N7/c1-2-14(22-15-5-6-19-16(23-15)13-3-4-13)12-25(9-1)18-17-20-7-10-24(17)11-8-21-18/h5-8,10-11,13-14H,1-4,9,12H2,(H,19,22,23). The molecule has 1 aliphatic carbocycles. The van der Waals surface area contributed by atoms with Crippen LogP contribution in [0.15, 0.2) is 37.1 Å². The Bertz CT molecular complexity index is 886. The van der Waals surface area contributed by atoms with Crippen LogP contribution < -0.4 is 10.2 Å². The molecule has 1 unspecified atom stereocenters. The van der Waals surface area contributed by atoms with Gasteiger partial charge in [-0.1, -0.05) is 0 Å². The van der Waals surface area contributed by atoms with Crippen molar-refractivity contribution in [1.29, 1.82) is 0 Å². The van der Waals surface area contributed by atoms with Gasteiger partial charge < -0.3 is 14.6 Å². The molecule has 3 aromatic rings. The number of nitrogens with one attached hydrogen (secondary N) is 1. The van der Waals surface area contributed by atoms with E-state index in [1.54, 1.807) is 0 Å². The summed E-state index contributed by atoms with van der Waals surface area (Å²) in [7, 11) is 0. The first-order chi connectivity index (χ1) is 12.4. The third-order valence-corrected chi connectivity index (χ3v) is 4.98. The molecular weight excluding hydrogens is 314 g/mol. The fraction of sp³-hybridized carbons (Fsp3) is 0.444. The second-order valence-electron chi connectivity index (χ2n) is 6.91. The van der Waals surface area contributed by atoms with Gasteiger partial charge in [-0.3, -0.25) is 0 Å². The summed E-state index contributed by atoms with van der Waals surface area (Å²) >= 11 is 0. The number of piperidine rings is 1. The molecule has 2 aliphatic rings. The number of hydrogen-bond donors (Lipinski definition) is 1. The normalized spacial score (nSPS) is 20.8. The minimum Gasteiger partial charge on any atom is -0.365 e. The first kappa shape index (κ1) is 14.6. The second kappa shape index (κ2) is 5.98. The summed E-state index contributed by atoms with van der Waals surface area (Å²) in [5, 5.41) is 3.60. The molecule has 0 radical (unpaired) electrons. The van der Waals surface area contributed by atoms with Gasteiger partial charge in [0.15, 0.2) is 11.5 Å². The number of rotatable bonds is 4. The molecule has 0 aromatic carbocycles. The van der Waals surface area contributed by atoms with Gasteiger partial charge >= 0.3 is 0 Å². The molecule has 25 heavy (non-hydrogen) atoms. The molecule has 1 saturated carbocycles. The molecule has 128 valence electrons. The van der Waals surface area contributed by atoms with Crippen molar-refractivity contribution >= 4 is 17.3 Å². The predicted octanol–water partition coefficient (Wildman–Crippen LogP) is 2.48. The summed E-state index contributed by atoms with van der Waals surface area (Å²) < 4.78 is 2.02. The molecule has 3 aromatic heterocycles. The van der Waals surface area contributed by atoms with Crippen LogP contribution in [0.25, 0.3) is 5.65 Å². The predicted molar refractivity (Wildman–Crippen MR) is 95.9 cm³/mol. The van der Waals surface area contributed by atoms with Gasteiger partial charge in [0.05, 0.1) is 0 Å². The maximum absolute atomic E-state index is 4.70. The number of fused-ring (bicyclic) bond motifs is 1. The van der Waals surface area contributed by atoms with Gasteiger partial charge in [-0.15, -0.1) is 0 Å². The zero-order chi connectivity index (χ0) is 16.6. The van der Waals surface area contributed by atoms with Crippen LogP contribution in [0.5, 0.6) is 0 Å². The van der Waals surface area contributed by atoms with E-state index < -0.39 is 0 Å². The molecule has 0 bridgehead atoms. The molecule has 1 saturated heterocycles. The van der Waals surface area contributed by atoms with Crippen molar-refractivity contribution in [3.63, 3.8) is 0 Å². The first-order valence-corrected chi connectivity index (χ1v) is 8.99. The molecule has 0 spiro atoms. The Morgan fingerprint density at radius 2 is 1.88 bits per heavy atom. The minimum absolute atomic E-state index is 0.354. The van der Waals surface area contributed by atoms with Crippen molar-refractivity contribution in [2.75, 3.05) is 23.3 Å². The average Bonchev–Trinajstić information content (AvgIpc) is 3.39. The van der Waals surface area contributed by atoms with Crippen LogP contribution in [0.2, 0.25) is 0 Å². The number of nitrogens with zero attached hydrogens (tertiary/aromatic N) is 6. The molecule has 4 heterocycles. The van der Waals surface area contributed by atoms with Gasteiger partial charge in [-0.05, 0) is 31.7 Å². The summed E-state index contributed by atoms with van der Waals surface area (Å²) in [6.45, 7) is 1.91. The minimum atomic E-state index is 0.354. The van der Waals surface area contributed by atoms with Crippen LogP contribution in [-0.2, 0) is 0 Å². The lowest BCUT2D eigenvalue weighted by atomic mass is 10.1. The van der Waals surface area contributed by atoms with Crippen molar-refractivity contribution in [3.05, 3.63) is 42.9 Å². The van der Waals surface area contributed by atoms with E-state index >= 15 is 0 Å². The fourth-order valence-electron chi connectivity index (χ4n) is 3.55. The van der Waals surface area contributed by atoms with Gasteiger partial charge in [0, 0.05) is 56.0 Å².